The average molecular weight is 243 g/mol. The van der Waals surface area contributed by atoms with Crippen LogP contribution in [-0.2, 0) is 6.54 Å². The number of rotatable bonds is 3. The van der Waals surface area contributed by atoms with Gasteiger partial charge in [0.1, 0.15) is 0 Å². The lowest BCUT2D eigenvalue weighted by atomic mass is 10.1. The van der Waals surface area contributed by atoms with Gasteiger partial charge in [0.25, 0.3) is 0 Å². The van der Waals surface area contributed by atoms with Crippen LogP contribution in [0.15, 0.2) is 18.2 Å². The Morgan fingerprint density at radius 1 is 1.00 bits per heavy atom. The molecule has 0 atom stereocenters. The molecule has 0 spiro atoms. The molecule has 1 heterocycles. The highest BCUT2D eigenvalue weighted by Gasteiger charge is 2.16. The maximum Gasteiger partial charge on any atom is 0.0866 e. The van der Waals surface area contributed by atoms with Crippen LogP contribution in [0.3, 0.4) is 0 Å². The molecule has 0 saturated carbocycles. The van der Waals surface area contributed by atoms with Crippen molar-refractivity contribution >= 4 is 0 Å². The van der Waals surface area contributed by atoms with Gasteiger partial charge in [-0.1, -0.05) is 29.3 Å². The Morgan fingerprint density at radius 2 is 1.56 bits per heavy atom. The van der Waals surface area contributed by atoms with Crippen LogP contribution in [0.25, 0.3) is 0 Å². The summed E-state index contributed by atoms with van der Waals surface area (Å²) in [5.41, 5.74) is 4.09. The van der Waals surface area contributed by atoms with E-state index < -0.39 is 0 Å². The van der Waals surface area contributed by atoms with Gasteiger partial charge in [0.15, 0.2) is 0 Å². The minimum atomic E-state index is 0.567. The lowest BCUT2D eigenvalue weighted by Crippen LogP contribution is -2.45. The molecule has 0 N–H and O–H groups in total. The van der Waals surface area contributed by atoms with Gasteiger partial charge in [-0.05, 0) is 19.4 Å². The first-order valence-electron chi connectivity index (χ1n) is 6.56. The van der Waals surface area contributed by atoms with Crippen LogP contribution in [0.5, 0.6) is 0 Å². The molecule has 3 nitrogen and oxygen atoms in total. The summed E-state index contributed by atoms with van der Waals surface area (Å²) in [6.07, 6.45) is 0. The van der Waals surface area contributed by atoms with E-state index in [9.17, 15) is 0 Å². The van der Waals surface area contributed by atoms with Crippen molar-refractivity contribution in [1.29, 1.82) is 5.26 Å². The van der Waals surface area contributed by atoms with Crippen molar-refractivity contribution < 1.29 is 0 Å². The SMILES string of the molecule is Cc1cc(C)cc(CN2CCN(CC#N)CC2)c1. The van der Waals surface area contributed by atoms with E-state index in [1.807, 2.05) is 0 Å². The van der Waals surface area contributed by atoms with Crippen molar-refractivity contribution in [2.75, 3.05) is 32.7 Å². The summed E-state index contributed by atoms with van der Waals surface area (Å²) in [6, 6.07) is 8.99. The van der Waals surface area contributed by atoms with Gasteiger partial charge in [0, 0.05) is 32.7 Å². The van der Waals surface area contributed by atoms with Gasteiger partial charge in [-0.2, -0.15) is 5.26 Å². The van der Waals surface area contributed by atoms with E-state index in [2.05, 4.69) is 47.9 Å². The van der Waals surface area contributed by atoms with Gasteiger partial charge in [0.2, 0.25) is 0 Å². The Hall–Kier alpha value is -1.37. The van der Waals surface area contributed by atoms with Crippen molar-refractivity contribution in [3.63, 3.8) is 0 Å². The fourth-order valence-electron chi connectivity index (χ4n) is 2.62. The van der Waals surface area contributed by atoms with Crippen LogP contribution in [0.2, 0.25) is 0 Å². The molecular formula is C15H21N3. The lowest BCUT2D eigenvalue weighted by Gasteiger charge is -2.33. The number of benzene rings is 1. The fourth-order valence-corrected chi connectivity index (χ4v) is 2.62. The monoisotopic (exact) mass is 243 g/mol. The van der Waals surface area contributed by atoms with Crippen LogP contribution >= 0.6 is 0 Å². The summed E-state index contributed by atoms with van der Waals surface area (Å²) >= 11 is 0. The minimum absolute atomic E-state index is 0.567. The molecule has 1 aliphatic rings. The molecule has 0 amide bonds. The summed E-state index contributed by atoms with van der Waals surface area (Å²) in [7, 11) is 0. The molecule has 0 unspecified atom stereocenters. The molecule has 0 aromatic heterocycles. The zero-order chi connectivity index (χ0) is 13.0. The zero-order valence-electron chi connectivity index (χ0n) is 11.3. The number of aryl methyl sites for hydroxylation is 2. The maximum atomic E-state index is 8.68. The highest BCUT2D eigenvalue weighted by molar-refractivity contribution is 5.28. The first-order valence-corrected chi connectivity index (χ1v) is 6.56. The number of piperazine rings is 1. The molecular weight excluding hydrogens is 222 g/mol. The maximum absolute atomic E-state index is 8.68. The van der Waals surface area contributed by atoms with Crippen molar-refractivity contribution in [3.8, 4) is 6.07 Å². The van der Waals surface area contributed by atoms with E-state index >= 15 is 0 Å². The fraction of sp³-hybridized carbons (Fsp3) is 0.533. The smallest absolute Gasteiger partial charge is 0.0866 e. The summed E-state index contributed by atoms with van der Waals surface area (Å²) in [5, 5.41) is 8.68. The second-order valence-corrected chi connectivity index (χ2v) is 5.21. The predicted octanol–water partition coefficient (Wildman–Crippen LogP) is 1.94. The second kappa shape index (κ2) is 5.99. The van der Waals surface area contributed by atoms with Gasteiger partial charge < -0.3 is 0 Å². The molecule has 1 fully saturated rings. The number of hydrogen-bond donors (Lipinski definition) is 0. The topological polar surface area (TPSA) is 30.3 Å². The van der Waals surface area contributed by atoms with E-state index in [0.29, 0.717) is 6.54 Å². The molecule has 1 saturated heterocycles. The third kappa shape index (κ3) is 3.56. The Balaban J connectivity index is 1.90. The van der Waals surface area contributed by atoms with Gasteiger partial charge in [0.05, 0.1) is 12.6 Å². The van der Waals surface area contributed by atoms with Gasteiger partial charge in [-0.25, -0.2) is 0 Å². The quantitative estimate of drug-likeness (QED) is 0.760. The van der Waals surface area contributed by atoms with E-state index in [0.717, 1.165) is 32.7 Å². The van der Waals surface area contributed by atoms with Crippen molar-refractivity contribution in [2.24, 2.45) is 0 Å². The highest BCUT2D eigenvalue weighted by Crippen LogP contribution is 2.12. The van der Waals surface area contributed by atoms with Crippen LogP contribution < -0.4 is 0 Å². The van der Waals surface area contributed by atoms with Crippen LogP contribution in [0.1, 0.15) is 16.7 Å². The third-order valence-corrected chi connectivity index (χ3v) is 3.45. The van der Waals surface area contributed by atoms with Gasteiger partial charge in [-0.3, -0.25) is 9.80 Å². The van der Waals surface area contributed by atoms with Crippen molar-refractivity contribution in [3.05, 3.63) is 34.9 Å². The van der Waals surface area contributed by atoms with Gasteiger partial charge >= 0.3 is 0 Å². The van der Waals surface area contributed by atoms with E-state index in [1.165, 1.54) is 16.7 Å². The minimum Gasteiger partial charge on any atom is -0.297 e. The first-order chi connectivity index (χ1) is 8.67. The van der Waals surface area contributed by atoms with Gasteiger partial charge in [-0.15, -0.1) is 0 Å². The summed E-state index contributed by atoms with van der Waals surface area (Å²) < 4.78 is 0. The Kier molecular flexibility index (Phi) is 4.35. The lowest BCUT2D eigenvalue weighted by molar-refractivity contribution is 0.138. The average Bonchev–Trinajstić information content (AvgIpc) is 2.31. The largest absolute Gasteiger partial charge is 0.297 e. The highest BCUT2D eigenvalue weighted by atomic mass is 15.3. The Bertz CT molecular complexity index is 419. The Morgan fingerprint density at radius 3 is 2.11 bits per heavy atom. The molecule has 0 bridgehead atoms. The molecule has 1 aromatic carbocycles. The Labute approximate surface area is 110 Å². The normalized spacial score (nSPS) is 17.6. The van der Waals surface area contributed by atoms with E-state index in [1.54, 1.807) is 0 Å². The summed E-state index contributed by atoms with van der Waals surface area (Å²) in [6.45, 7) is 10.1. The molecule has 0 aliphatic carbocycles. The number of hydrogen-bond acceptors (Lipinski definition) is 3. The predicted molar refractivity (Wildman–Crippen MR) is 73.2 cm³/mol. The number of nitriles is 1. The molecule has 0 radical (unpaired) electrons. The third-order valence-electron chi connectivity index (χ3n) is 3.45. The zero-order valence-corrected chi connectivity index (χ0v) is 11.3. The van der Waals surface area contributed by atoms with Crippen LogP contribution in [-0.4, -0.2) is 42.5 Å². The molecule has 3 heteroatoms. The van der Waals surface area contributed by atoms with Crippen molar-refractivity contribution in [2.45, 2.75) is 20.4 Å². The molecule has 18 heavy (non-hydrogen) atoms. The van der Waals surface area contributed by atoms with E-state index in [4.69, 9.17) is 5.26 Å². The molecule has 1 aliphatic heterocycles. The number of nitrogens with zero attached hydrogens (tertiary/aromatic N) is 3. The molecule has 2 rings (SSSR count). The van der Waals surface area contributed by atoms with Crippen LogP contribution in [0.4, 0.5) is 0 Å². The standard InChI is InChI=1S/C15H21N3/c1-13-9-14(2)11-15(10-13)12-18-7-5-17(4-3-16)6-8-18/h9-11H,4-8,12H2,1-2H3. The summed E-state index contributed by atoms with van der Waals surface area (Å²) in [5.74, 6) is 0. The molecule has 96 valence electrons. The summed E-state index contributed by atoms with van der Waals surface area (Å²) in [4.78, 5) is 4.69. The van der Waals surface area contributed by atoms with Crippen molar-refractivity contribution in [1.82, 2.24) is 9.80 Å². The van der Waals surface area contributed by atoms with Crippen LogP contribution in [0, 0.1) is 25.2 Å². The first kappa shape index (κ1) is 13.1. The molecule has 1 aromatic rings. The second-order valence-electron chi connectivity index (χ2n) is 5.21. The van der Waals surface area contributed by atoms with E-state index in [-0.39, 0.29) is 0 Å².